The molecular formula is C30H29Cl2FN4O3. The summed E-state index contributed by atoms with van der Waals surface area (Å²) in [6.45, 7) is 3.44. The minimum Gasteiger partial charge on any atom is -0.379 e. The van der Waals surface area contributed by atoms with E-state index in [0.29, 0.717) is 59.6 Å². The second kappa shape index (κ2) is 12.9. The van der Waals surface area contributed by atoms with E-state index in [2.05, 4.69) is 10.0 Å². The Morgan fingerprint density at radius 1 is 0.975 bits per heavy atom. The van der Waals surface area contributed by atoms with Crippen LogP contribution in [0.5, 0.6) is 0 Å². The number of benzene rings is 3. The molecule has 0 aliphatic carbocycles. The maximum Gasteiger partial charge on any atom is 0.262 e. The number of carbonyl (C=O) groups is 2. The van der Waals surface area contributed by atoms with Gasteiger partial charge in [-0.1, -0.05) is 65.7 Å². The van der Waals surface area contributed by atoms with Gasteiger partial charge in [0.05, 0.1) is 35.6 Å². The zero-order valence-corrected chi connectivity index (χ0v) is 23.3. The monoisotopic (exact) mass is 582 g/mol. The number of amides is 2. The highest BCUT2D eigenvalue weighted by molar-refractivity contribution is 6.33. The molecule has 0 spiro atoms. The minimum absolute atomic E-state index is 0.216. The molecule has 0 aromatic heterocycles. The fourth-order valence-electron chi connectivity index (χ4n) is 4.92. The third-order valence-electron chi connectivity index (χ3n) is 7.11. The Morgan fingerprint density at radius 2 is 1.68 bits per heavy atom. The van der Waals surface area contributed by atoms with Crippen molar-refractivity contribution in [2.45, 2.75) is 12.5 Å². The van der Waals surface area contributed by atoms with Gasteiger partial charge in [0.2, 0.25) is 0 Å². The van der Waals surface area contributed by atoms with Crippen LogP contribution in [-0.4, -0.2) is 78.3 Å². The first kappa shape index (κ1) is 28.2. The number of ether oxygens (including phenoxy) is 1. The van der Waals surface area contributed by atoms with Gasteiger partial charge in [0.15, 0.2) is 0 Å². The molecule has 1 atom stereocenters. The Bertz CT molecular complexity index is 1400. The zero-order chi connectivity index (χ0) is 28.1. The van der Waals surface area contributed by atoms with E-state index in [-0.39, 0.29) is 18.4 Å². The topological polar surface area (TPSA) is 65.5 Å². The minimum atomic E-state index is -0.476. The number of nitrogens with zero attached hydrogens (tertiary/aromatic N) is 4. The van der Waals surface area contributed by atoms with E-state index >= 15 is 0 Å². The zero-order valence-electron chi connectivity index (χ0n) is 21.8. The standard InChI is InChI=1S/C30H29Cl2FN4O3/c31-22-11-9-21(10-12-22)28-19-27(24-6-2-4-8-26(24)33)34-37(28)29(38)20-36(14-13-35-15-17-40-18-16-35)30(39)23-5-1-3-7-25(23)32/h1-12,28H,13-20H2. The number of hydrogen-bond acceptors (Lipinski definition) is 5. The van der Waals surface area contributed by atoms with Crippen LogP contribution in [0.4, 0.5) is 4.39 Å². The third kappa shape index (κ3) is 6.53. The van der Waals surface area contributed by atoms with Crippen molar-refractivity contribution in [3.63, 3.8) is 0 Å². The van der Waals surface area contributed by atoms with Crippen molar-refractivity contribution in [2.75, 3.05) is 45.9 Å². The molecule has 2 aliphatic heterocycles. The Hall–Kier alpha value is -3.30. The van der Waals surface area contributed by atoms with Crippen LogP contribution in [0.3, 0.4) is 0 Å². The Balaban J connectivity index is 1.43. The van der Waals surface area contributed by atoms with Gasteiger partial charge in [-0.05, 0) is 35.9 Å². The summed E-state index contributed by atoms with van der Waals surface area (Å²) in [6.07, 6.45) is 0.320. The maximum absolute atomic E-state index is 14.7. The highest BCUT2D eigenvalue weighted by Gasteiger charge is 2.35. The van der Waals surface area contributed by atoms with Crippen molar-refractivity contribution in [1.29, 1.82) is 0 Å². The fourth-order valence-corrected chi connectivity index (χ4v) is 5.27. The van der Waals surface area contributed by atoms with Gasteiger partial charge < -0.3 is 9.64 Å². The van der Waals surface area contributed by atoms with E-state index < -0.39 is 11.9 Å². The highest BCUT2D eigenvalue weighted by Crippen LogP contribution is 2.34. The predicted molar refractivity (Wildman–Crippen MR) is 153 cm³/mol. The molecule has 3 aromatic carbocycles. The van der Waals surface area contributed by atoms with Gasteiger partial charge >= 0.3 is 0 Å². The summed E-state index contributed by atoms with van der Waals surface area (Å²) in [5.41, 5.74) is 1.94. The van der Waals surface area contributed by atoms with Gasteiger partial charge in [-0.3, -0.25) is 14.5 Å². The van der Waals surface area contributed by atoms with Crippen LogP contribution in [0.2, 0.25) is 10.0 Å². The van der Waals surface area contributed by atoms with Gasteiger partial charge in [0.1, 0.15) is 12.4 Å². The van der Waals surface area contributed by atoms with E-state index in [0.717, 1.165) is 18.7 Å². The van der Waals surface area contributed by atoms with Crippen LogP contribution in [0.1, 0.15) is 33.9 Å². The van der Waals surface area contributed by atoms with E-state index in [9.17, 15) is 14.0 Å². The average molecular weight is 583 g/mol. The van der Waals surface area contributed by atoms with E-state index in [1.807, 2.05) is 12.1 Å². The van der Waals surface area contributed by atoms with Crippen molar-refractivity contribution in [3.8, 4) is 0 Å². The second-order valence-corrected chi connectivity index (χ2v) is 10.5. The van der Waals surface area contributed by atoms with Crippen LogP contribution in [0, 0.1) is 5.82 Å². The third-order valence-corrected chi connectivity index (χ3v) is 7.69. The predicted octanol–water partition coefficient (Wildman–Crippen LogP) is 5.28. The van der Waals surface area contributed by atoms with Crippen LogP contribution >= 0.6 is 23.2 Å². The number of rotatable bonds is 8. The molecule has 208 valence electrons. The summed E-state index contributed by atoms with van der Waals surface area (Å²) in [5, 5.41) is 6.84. The van der Waals surface area contributed by atoms with Crippen molar-refractivity contribution in [3.05, 3.63) is 105 Å². The molecule has 1 saturated heterocycles. The molecule has 5 rings (SSSR count). The second-order valence-electron chi connectivity index (χ2n) is 9.70. The first-order chi connectivity index (χ1) is 19.4. The summed E-state index contributed by atoms with van der Waals surface area (Å²) in [5.74, 6) is -1.13. The molecule has 0 radical (unpaired) electrons. The van der Waals surface area contributed by atoms with Crippen LogP contribution in [0.25, 0.3) is 0 Å². The molecule has 7 nitrogen and oxygen atoms in total. The van der Waals surface area contributed by atoms with Gasteiger partial charge in [0, 0.05) is 43.2 Å². The SMILES string of the molecule is O=C(c1ccccc1Cl)N(CCN1CCOCC1)CC(=O)N1N=C(c2ccccc2F)CC1c1ccc(Cl)cc1. The van der Waals surface area contributed by atoms with Crippen LogP contribution in [-0.2, 0) is 9.53 Å². The first-order valence-electron chi connectivity index (χ1n) is 13.1. The fraction of sp³-hybridized carbons (Fsp3) is 0.300. The molecule has 0 bridgehead atoms. The van der Waals surface area contributed by atoms with Gasteiger partial charge in [-0.25, -0.2) is 9.40 Å². The molecule has 0 N–H and O–H groups in total. The Kier molecular flexibility index (Phi) is 9.11. The molecule has 40 heavy (non-hydrogen) atoms. The van der Waals surface area contributed by atoms with E-state index in [4.69, 9.17) is 27.9 Å². The lowest BCUT2D eigenvalue weighted by Gasteiger charge is -2.31. The highest BCUT2D eigenvalue weighted by atomic mass is 35.5. The van der Waals surface area contributed by atoms with Crippen LogP contribution in [0.15, 0.2) is 77.9 Å². The summed E-state index contributed by atoms with van der Waals surface area (Å²) in [7, 11) is 0. The Labute approximate surface area is 242 Å². The average Bonchev–Trinajstić information content (AvgIpc) is 3.42. The quantitative estimate of drug-likeness (QED) is 0.362. The normalized spacial score (nSPS) is 17.5. The maximum atomic E-state index is 14.7. The lowest BCUT2D eigenvalue weighted by molar-refractivity contribution is -0.133. The number of carbonyl (C=O) groups excluding carboxylic acids is 2. The summed E-state index contributed by atoms with van der Waals surface area (Å²) < 4.78 is 20.1. The van der Waals surface area contributed by atoms with Gasteiger partial charge in [-0.15, -0.1) is 0 Å². The Morgan fingerprint density at radius 3 is 2.40 bits per heavy atom. The molecule has 3 aromatic rings. The summed E-state index contributed by atoms with van der Waals surface area (Å²) in [6, 6.07) is 19.8. The molecule has 2 aliphatic rings. The lowest BCUT2D eigenvalue weighted by atomic mass is 9.98. The number of hydrazone groups is 1. The molecule has 1 unspecified atom stereocenters. The van der Waals surface area contributed by atoms with E-state index in [1.165, 1.54) is 16.0 Å². The molecule has 0 saturated carbocycles. The van der Waals surface area contributed by atoms with Gasteiger partial charge in [-0.2, -0.15) is 5.10 Å². The van der Waals surface area contributed by atoms with Crippen molar-refractivity contribution >= 4 is 40.7 Å². The number of morpholine rings is 1. The molecular weight excluding hydrogens is 554 g/mol. The van der Waals surface area contributed by atoms with Gasteiger partial charge in [0.25, 0.3) is 11.8 Å². The lowest BCUT2D eigenvalue weighted by Crippen LogP contribution is -2.46. The van der Waals surface area contributed by atoms with E-state index in [1.54, 1.807) is 54.6 Å². The first-order valence-corrected chi connectivity index (χ1v) is 13.9. The number of hydrogen-bond donors (Lipinski definition) is 0. The molecule has 2 heterocycles. The van der Waals surface area contributed by atoms with Crippen LogP contribution < -0.4 is 0 Å². The smallest absolute Gasteiger partial charge is 0.262 e. The molecule has 1 fully saturated rings. The molecule has 2 amide bonds. The van der Waals surface area contributed by atoms with Crippen molar-refractivity contribution < 1.29 is 18.7 Å². The number of halogens is 3. The van der Waals surface area contributed by atoms with Crippen molar-refractivity contribution in [2.24, 2.45) is 5.10 Å². The van der Waals surface area contributed by atoms with Crippen molar-refractivity contribution in [1.82, 2.24) is 14.8 Å². The largest absolute Gasteiger partial charge is 0.379 e. The summed E-state index contributed by atoms with van der Waals surface area (Å²) in [4.78, 5) is 31.2. The summed E-state index contributed by atoms with van der Waals surface area (Å²) >= 11 is 12.5. The molecule has 10 heteroatoms.